The van der Waals surface area contributed by atoms with Gasteiger partial charge in [-0.15, -0.1) is 0 Å². The van der Waals surface area contributed by atoms with Crippen LogP contribution in [0.25, 0.3) is 0 Å². The van der Waals surface area contributed by atoms with Crippen LogP contribution in [0, 0.1) is 0 Å². The Bertz CT molecular complexity index is 41.8. The standard InChI is InChI=1S/C6H14B2/c1-4-6(5-2)8-7-3/h6H,4-5H2,1-3H3. The molecule has 0 nitrogen and oxygen atoms in total. The van der Waals surface area contributed by atoms with Gasteiger partial charge in [-0.05, 0) is 0 Å². The van der Waals surface area contributed by atoms with Crippen LogP contribution in [-0.4, -0.2) is 14.3 Å². The van der Waals surface area contributed by atoms with Crippen molar-refractivity contribution < 1.29 is 0 Å². The van der Waals surface area contributed by atoms with Crippen LogP contribution in [-0.2, 0) is 0 Å². The van der Waals surface area contributed by atoms with E-state index in [0.29, 0.717) is 0 Å². The summed E-state index contributed by atoms with van der Waals surface area (Å²) in [6.07, 6.45) is 2.56. The molecule has 0 aliphatic heterocycles. The highest BCUT2D eigenvalue weighted by molar-refractivity contribution is 7.00. The largest absolute Gasteiger partial charge is 0.0999 e. The van der Waals surface area contributed by atoms with Crippen LogP contribution in [0.1, 0.15) is 26.7 Å². The molecule has 0 amide bonds. The molecule has 0 aromatic rings. The van der Waals surface area contributed by atoms with E-state index >= 15 is 0 Å². The molecule has 0 unspecified atom stereocenters. The monoisotopic (exact) mass is 108 g/mol. The number of hydrogen-bond acceptors (Lipinski definition) is 0. The minimum absolute atomic E-state index is 0.819. The molecule has 2 radical (unpaired) electrons. The average molecular weight is 108 g/mol. The summed E-state index contributed by atoms with van der Waals surface area (Å²) in [7, 11) is 4.41. The van der Waals surface area contributed by atoms with Crippen LogP contribution in [0.4, 0.5) is 0 Å². The van der Waals surface area contributed by atoms with Gasteiger partial charge in [0.2, 0.25) is 0 Å². The molecule has 0 aliphatic carbocycles. The summed E-state index contributed by atoms with van der Waals surface area (Å²) in [5.41, 5.74) is 0. The molecule has 8 heavy (non-hydrogen) atoms. The molecule has 0 heterocycles. The average Bonchev–Trinajstić information content (AvgIpc) is 1.83. The van der Waals surface area contributed by atoms with Gasteiger partial charge in [0.25, 0.3) is 0 Å². The van der Waals surface area contributed by atoms with Gasteiger partial charge in [-0.1, -0.05) is 39.3 Å². The zero-order chi connectivity index (χ0) is 6.41. The lowest BCUT2D eigenvalue weighted by atomic mass is 9.34. The van der Waals surface area contributed by atoms with Crippen molar-refractivity contribution in [2.45, 2.75) is 39.3 Å². The second-order valence-corrected chi connectivity index (χ2v) is 2.10. The molecule has 0 aromatic heterocycles. The zero-order valence-corrected chi connectivity index (χ0v) is 6.15. The Morgan fingerprint density at radius 1 is 1.25 bits per heavy atom. The molecule has 0 fully saturated rings. The first kappa shape index (κ1) is 8.13. The summed E-state index contributed by atoms with van der Waals surface area (Å²) in [6, 6.07) is 0. The van der Waals surface area contributed by atoms with Crippen molar-refractivity contribution in [3.63, 3.8) is 0 Å². The Balaban J connectivity index is 3.07. The lowest BCUT2D eigenvalue weighted by Gasteiger charge is -2.06. The normalized spacial score (nSPS) is 9.50. The molecule has 2 heteroatoms. The fraction of sp³-hybridized carbons (Fsp3) is 1.00. The SMILES string of the molecule is C[B][B]C(CC)CC. The molecule has 0 saturated heterocycles. The third-order valence-corrected chi connectivity index (χ3v) is 1.51. The minimum Gasteiger partial charge on any atom is -0.0999 e. The molecule has 0 rings (SSSR count). The van der Waals surface area contributed by atoms with Gasteiger partial charge in [0, 0.05) is 0 Å². The van der Waals surface area contributed by atoms with E-state index in [1.807, 2.05) is 0 Å². The fourth-order valence-corrected chi connectivity index (χ4v) is 0.833. The summed E-state index contributed by atoms with van der Waals surface area (Å²) in [5.74, 6) is 0.819. The third-order valence-electron chi connectivity index (χ3n) is 1.51. The second-order valence-electron chi connectivity index (χ2n) is 2.10. The van der Waals surface area contributed by atoms with Gasteiger partial charge in [-0.3, -0.25) is 0 Å². The first-order chi connectivity index (χ1) is 3.85. The van der Waals surface area contributed by atoms with Crippen molar-refractivity contribution in [3.8, 4) is 0 Å². The highest BCUT2D eigenvalue weighted by Crippen LogP contribution is 2.11. The van der Waals surface area contributed by atoms with Crippen molar-refractivity contribution in [3.05, 3.63) is 0 Å². The highest BCUT2D eigenvalue weighted by Gasteiger charge is 2.00. The van der Waals surface area contributed by atoms with E-state index in [1.165, 1.54) is 12.8 Å². The van der Waals surface area contributed by atoms with Gasteiger partial charge < -0.3 is 0 Å². The topological polar surface area (TPSA) is 0 Å². The quantitative estimate of drug-likeness (QED) is 0.482. The van der Waals surface area contributed by atoms with Crippen molar-refractivity contribution in [1.82, 2.24) is 0 Å². The summed E-state index contributed by atoms with van der Waals surface area (Å²) in [5, 5.41) is 0. The molecule has 0 spiro atoms. The van der Waals surface area contributed by atoms with Crippen LogP contribution in [0.5, 0.6) is 0 Å². The molecule has 0 bridgehead atoms. The Kier molecular flexibility index (Phi) is 5.36. The second kappa shape index (κ2) is 5.27. The van der Waals surface area contributed by atoms with Crippen LogP contribution in [0.3, 0.4) is 0 Å². The molecule has 0 aliphatic rings. The predicted molar refractivity (Wildman–Crippen MR) is 41.7 cm³/mol. The summed E-state index contributed by atoms with van der Waals surface area (Å²) in [4.78, 5) is 0. The Labute approximate surface area is 54.5 Å². The summed E-state index contributed by atoms with van der Waals surface area (Å²) < 4.78 is 0. The van der Waals surface area contributed by atoms with Crippen LogP contribution in [0.15, 0.2) is 0 Å². The van der Waals surface area contributed by atoms with Gasteiger partial charge >= 0.3 is 0 Å². The maximum absolute atomic E-state index is 2.28. The van der Waals surface area contributed by atoms with E-state index in [0.717, 1.165) is 5.82 Å². The van der Waals surface area contributed by atoms with Crippen molar-refractivity contribution >= 4 is 14.3 Å². The fourth-order valence-electron chi connectivity index (χ4n) is 0.833. The molecule has 44 valence electrons. The van der Waals surface area contributed by atoms with Crippen molar-refractivity contribution in [2.75, 3.05) is 0 Å². The van der Waals surface area contributed by atoms with Crippen LogP contribution in [0.2, 0.25) is 12.6 Å². The lowest BCUT2D eigenvalue weighted by molar-refractivity contribution is 0.765. The Morgan fingerprint density at radius 2 is 1.75 bits per heavy atom. The molecule has 0 aromatic carbocycles. The van der Waals surface area contributed by atoms with Crippen molar-refractivity contribution in [2.24, 2.45) is 0 Å². The van der Waals surface area contributed by atoms with Gasteiger partial charge in [-0.25, -0.2) is 0 Å². The first-order valence-corrected chi connectivity index (χ1v) is 3.47. The van der Waals surface area contributed by atoms with E-state index < -0.39 is 0 Å². The van der Waals surface area contributed by atoms with E-state index in [1.54, 1.807) is 0 Å². The summed E-state index contributed by atoms with van der Waals surface area (Å²) in [6.45, 7) is 6.54. The maximum atomic E-state index is 2.28. The third kappa shape index (κ3) is 3.17. The Hall–Kier alpha value is 0.130. The molecular weight excluding hydrogens is 93.7 g/mol. The minimum atomic E-state index is 0.819. The van der Waals surface area contributed by atoms with Crippen LogP contribution >= 0.6 is 0 Å². The van der Waals surface area contributed by atoms with Crippen molar-refractivity contribution in [1.29, 1.82) is 0 Å². The lowest BCUT2D eigenvalue weighted by Crippen LogP contribution is -2.06. The maximum Gasteiger partial charge on any atom is 0.0691 e. The molecule has 0 saturated carbocycles. The van der Waals surface area contributed by atoms with Gasteiger partial charge in [-0.2, -0.15) is 0 Å². The van der Waals surface area contributed by atoms with E-state index in [-0.39, 0.29) is 0 Å². The first-order valence-electron chi connectivity index (χ1n) is 3.47. The van der Waals surface area contributed by atoms with Gasteiger partial charge in [0.15, 0.2) is 0 Å². The van der Waals surface area contributed by atoms with E-state index in [2.05, 4.69) is 35.0 Å². The van der Waals surface area contributed by atoms with E-state index in [4.69, 9.17) is 0 Å². The zero-order valence-electron chi connectivity index (χ0n) is 6.15. The smallest absolute Gasteiger partial charge is 0.0691 e. The Morgan fingerprint density at radius 3 is 1.88 bits per heavy atom. The van der Waals surface area contributed by atoms with Gasteiger partial charge in [0.05, 0.1) is 14.3 Å². The van der Waals surface area contributed by atoms with Crippen LogP contribution < -0.4 is 0 Å². The predicted octanol–water partition coefficient (Wildman–Crippen LogP) is 1.97. The molecular formula is C6H14B2. The highest BCUT2D eigenvalue weighted by atomic mass is 13.9. The van der Waals surface area contributed by atoms with Gasteiger partial charge in [0.1, 0.15) is 0 Å². The summed E-state index contributed by atoms with van der Waals surface area (Å²) >= 11 is 0. The molecule has 0 N–H and O–H groups in total. The number of rotatable bonds is 4. The van der Waals surface area contributed by atoms with E-state index in [9.17, 15) is 0 Å². The number of hydrogen-bond donors (Lipinski definition) is 0. The molecule has 0 atom stereocenters.